The number of hydrogen-bond donors (Lipinski definition) is 0. The van der Waals surface area contributed by atoms with E-state index in [0.717, 1.165) is 31.0 Å². The molecule has 0 amide bonds. The lowest BCUT2D eigenvalue weighted by Crippen LogP contribution is -2.25. The third-order valence-electron chi connectivity index (χ3n) is 4.58. The summed E-state index contributed by atoms with van der Waals surface area (Å²) < 4.78 is 5.96. The van der Waals surface area contributed by atoms with Crippen molar-refractivity contribution < 1.29 is 4.74 Å². The normalized spacial score (nSPS) is 14.9. The fourth-order valence-electron chi connectivity index (χ4n) is 3.48. The highest BCUT2D eigenvalue weighted by atomic mass is 16.5. The smallest absolute Gasteiger partial charge is 0.218 e. The monoisotopic (exact) mass is 318 g/mol. The van der Waals surface area contributed by atoms with Crippen LogP contribution in [0.1, 0.15) is 22.3 Å². The Morgan fingerprint density at radius 1 is 1.08 bits per heavy atom. The number of nitrogens with zero attached hydrogens (tertiary/aromatic N) is 2. The third kappa shape index (κ3) is 3.00. The topological polar surface area (TPSA) is 25.4 Å². The van der Waals surface area contributed by atoms with Crippen LogP contribution >= 0.6 is 0 Å². The highest BCUT2D eigenvalue weighted by Crippen LogP contribution is 2.28. The van der Waals surface area contributed by atoms with Crippen LogP contribution in [0.5, 0.6) is 5.88 Å². The molecule has 2 heterocycles. The van der Waals surface area contributed by atoms with Crippen molar-refractivity contribution in [3.8, 4) is 5.88 Å². The van der Waals surface area contributed by atoms with Crippen LogP contribution in [0.3, 0.4) is 0 Å². The molecule has 0 bridgehead atoms. The molecule has 0 aliphatic carbocycles. The standard InChI is InChI=1S/C21H22N2O/c1-15-10-16(2)20-18(11-15)12-19-14-23(8-9-24-21(19)22-20)13-17-6-4-3-5-7-17/h3-7,10-12H,8-9,13-14H2,1-2H3. The number of fused-ring (bicyclic) bond motifs is 2. The Morgan fingerprint density at radius 3 is 2.75 bits per heavy atom. The molecule has 0 saturated carbocycles. The third-order valence-corrected chi connectivity index (χ3v) is 4.58. The van der Waals surface area contributed by atoms with Gasteiger partial charge in [-0.15, -0.1) is 0 Å². The summed E-state index contributed by atoms with van der Waals surface area (Å²) in [5.41, 5.74) is 6.05. The van der Waals surface area contributed by atoms with Crippen LogP contribution < -0.4 is 4.74 Å². The second kappa shape index (κ2) is 6.25. The quantitative estimate of drug-likeness (QED) is 0.706. The van der Waals surface area contributed by atoms with E-state index in [1.807, 2.05) is 0 Å². The van der Waals surface area contributed by atoms with Gasteiger partial charge in [0.25, 0.3) is 0 Å². The van der Waals surface area contributed by atoms with E-state index < -0.39 is 0 Å². The molecule has 1 aromatic heterocycles. The molecule has 24 heavy (non-hydrogen) atoms. The van der Waals surface area contributed by atoms with Crippen LogP contribution in [-0.2, 0) is 13.1 Å². The molecule has 2 aromatic carbocycles. The maximum Gasteiger partial charge on any atom is 0.218 e. The predicted molar refractivity (Wildman–Crippen MR) is 97.3 cm³/mol. The minimum absolute atomic E-state index is 0.684. The molecule has 1 aliphatic rings. The molecule has 0 saturated heterocycles. The van der Waals surface area contributed by atoms with Gasteiger partial charge in [-0.3, -0.25) is 4.90 Å². The van der Waals surface area contributed by atoms with Gasteiger partial charge in [-0.25, -0.2) is 4.98 Å². The first-order valence-electron chi connectivity index (χ1n) is 8.49. The van der Waals surface area contributed by atoms with Crippen LogP contribution in [0.15, 0.2) is 48.5 Å². The molecule has 3 aromatic rings. The first kappa shape index (κ1) is 15.2. The Kier molecular flexibility index (Phi) is 3.95. The average Bonchev–Trinajstić information content (AvgIpc) is 2.75. The number of aromatic nitrogens is 1. The van der Waals surface area contributed by atoms with Gasteiger partial charge in [0.2, 0.25) is 5.88 Å². The molecular weight excluding hydrogens is 296 g/mol. The number of aryl methyl sites for hydroxylation is 2. The molecule has 0 unspecified atom stereocenters. The Balaban J connectivity index is 1.68. The van der Waals surface area contributed by atoms with Gasteiger partial charge in [0.05, 0.1) is 5.52 Å². The van der Waals surface area contributed by atoms with E-state index in [9.17, 15) is 0 Å². The van der Waals surface area contributed by atoms with Crippen molar-refractivity contribution in [3.63, 3.8) is 0 Å². The van der Waals surface area contributed by atoms with E-state index in [4.69, 9.17) is 9.72 Å². The molecule has 4 rings (SSSR count). The highest BCUT2D eigenvalue weighted by molar-refractivity contribution is 5.84. The first-order chi connectivity index (χ1) is 11.7. The number of hydrogen-bond acceptors (Lipinski definition) is 3. The summed E-state index contributed by atoms with van der Waals surface area (Å²) in [6.45, 7) is 7.67. The van der Waals surface area contributed by atoms with E-state index >= 15 is 0 Å². The summed E-state index contributed by atoms with van der Waals surface area (Å²) in [5.74, 6) is 0.796. The average molecular weight is 318 g/mol. The van der Waals surface area contributed by atoms with Crippen molar-refractivity contribution in [1.82, 2.24) is 9.88 Å². The Morgan fingerprint density at radius 2 is 1.92 bits per heavy atom. The Labute approximate surface area is 142 Å². The van der Waals surface area contributed by atoms with E-state index in [-0.39, 0.29) is 0 Å². The minimum Gasteiger partial charge on any atom is -0.476 e. The van der Waals surface area contributed by atoms with Crippen LogP contribution in [0, 0.1) is 13.8 Å². The molecule has 0 radical (unpaired) electrons. The van der Waals surface area contributed by atoms with Crippen molar-refractivity contribution in [2.75, 3.05) is 13.2 Å². The summed E-state index contributed by atoms with van der Waals surface area (Å²) in [6, 6.07) is 17.3. The van der Waals surface area contributed by atoms with Crippen molar-refractivity contribution in [1.29, 1.82) is 0 Å². The van der Waals surface area contributed by atoms with Gasteiger partial charge in [-0.1, -0.05) is 42.0 Å². The summed E-state index contributed by atoms with van der Waals surface area (Å²) in [4.78, 5) is 7.24. The molecule has 0 N–H and O–H groups in total. The van der Waals surface area contributed by atoms with Crippen molar-refractivity contribution in [2.45, 2.75) is 26.9 Å². The highest BCUT2D eigenvalue weighted by Gasteiger charge is 2.18. The zero-order chi connectivity index (χ0) is 16.5. The van der Waals surface area contributed by atoms with Crippen LogP contribution in [0.4, 0.5) is 0 Å². The maximum atomic E-state index is 5.96. The van der Waals surface area contributed by atoms with Crippen LogP contribution in [0.2, 0.25) is 0 Å². The Bertz CT molecular complexity index is 874. The molecule has 0 spiro atoms. The van der Waals surface area contributed by atoms with Gasteiger partial charge in [0.15, 0.2) is 0 Å². The molecular formula is C21H22N2O. The molecule has 3 heteroatoms. The number of benzene rings is 2. The first-order valence-corrected chi connectivity index (χ1v) is 8.49. The lowest BCUT2D eigenvalue weighted by atomic mass is 10.0. The summed E-state index contributed by atoms with van der Waals surface area (Å²) in [6.07, 6.45) is 0. The number of ether oxygens (including phenoxy) is 1. The molecule has 0 fully saturated rings. The zero-order valence-corrected chi connectivity index (χ0v) is 14.2. The van der Waals surface area contributed by atoms with Gasteiger partial charge in [0.1, 0.15) is 6.61 Å². The van der Waals surface area contributed by atoms with Crippen LogP contribution in [0.25, 0.3) is 10.9 Å². The van der Waals surface area contributed by atoms with E-state index in [1.165, 1.54) is 27.6 Å². The summed E-state index contributed by atoms with van der Waals surface area (Å²) in [7, 11) is 0. The second-order valence-corrected chi connectivity index (χ2v) is 6.65. The number of pyridine rings is 1. The van der Waals surface area contributed by atoms with E-state index in [0.29, 0.717) is 6.61 Å². The van der Waals surface area contributed by atoms with Gasteiger partial charge >= 0.3 is 0 Å². The van der Waals surface area contributed by atoms with Gasteiger partial charge in [-0.05, 0) is 37.1 Å². The summed E-state index contributed by atoms with van der Waals surface area (Å²) >= 11 is 0. The minimum atomic E-state index is 0.684. The predicted octanol–water partition coefficient (Wildman–Crippen LogP) is 4.25. The van der Waals surface area contributed by atoms with Crippen molar-refractivity contribution in [3.05, 3.63) is 70.8 Å². The molecule has 3 nitrogen and oxygen atoms in total. The van der Waals surface area contributed by atoms with Gasteiger partial charge in [0, 0.05) is 30.6 Å². The SMILES string of the molecule is Cc1cc(C)c2nc3c(cc2c1)CN(Cc1ccccc1)CCO3. The number of rotatable bonds is 2. The van der Waals surface area contributed by atoms with E-state index in [2.05, 4.69) is 67.3 Å². The van der Waals surface area contributed by atoms with E-state index in [1.54, 1.807) is 0 Å². The largest absolute Gasteiger partial charge is 0.476 e. The van der Waals surface area contributed by atoms with Gasteiger partial charge in [-0.2, -0.15) is 0 Å². The lowest BCUT2D eigenvalue weighted by Gasteiger charge is -2.19. The lowest BCUT2D eigenvalue weighted by molar-refractivity contribution is 0.217. The zero-order valence-electron chi connectivity index (χ0n) is 14.2. The molecule has 0 atom stereocenters. The second-order valence-electron chi connectivity index (χ2n) is 6.65. The van der Waals surface area contributed by atoms with Crippen LogP contribution in [-0.4, -0.2) is 23.0 Å². The fourth-order valence-corrected chi connectivity index (χ4v) is 3.48. The fraction of sp³-hybridized carbons (Fsp3) is 0.286. The molecule has 1 aliphatic heterocycles. The van der Waals surface area contributed by atoms with Crippen molar-refractivity contribution >= 4 is 10.9 Å². The molecule has 122 valence electrons. The van der Waals surface area contributed by atoms with Gasteiger partial charge < -0.3 is 4.74 Å². The van der Waals surface area contributed by atoms with Crippen molar-refractivity contribution in [2.24, 2.45) is 0 Å². The Hall–Kier alpha value is -2.39. The summed E-state index contributed by atoms with van der Waals surface area (Å²) in [5, 5.41) is 1.21. The maximum absolute atomic E-state index is 5.96.